The summed E-state index contributed by atoms with van der Waals surface area (Å²) in [6, 6.07) is 0.861. The fraction of sp³-hybridized carbons (Fsp3) is 0.556. The maximum Gasteiger partial charge on any atom is 0.397 e. The summed E-state index contributed by atoms with van der Waals surface area (Å²) in [7, 11) is -10.3. The van der Waals surface area contributed by atoms with Gasteiger partial charge in [0, 0.05) is 12.3 Å². The summed E-state index contributed by atoms with van der Waals surface area (Å²) in [6.07, 6.45) is -6.41. The number of hydrogen-bond donors (Lipinski definition) is 4. The topological polar surface area (TPSA) is 212 Å². The Bertz CT molecular complexity index is 947. The van der Waals surface area contributed by atoms with E-state index in [1.807, 2.05) is 4.98 Å². The number of hydrogen-bond acceptors (Lipinski definition) is 10. The first-order valence-electron chi connectivity index (χ1n) is 6.30. The van der Waals surface area contributed by atoms with Crippen molar-refractivity contribution < 1.29 is 44.2 Å². The third-order valence-corrected chi connectivity index (χ3v) is 3.99. The average Bonchev–Trinajstić information content (AvgIpc) is 2.73. The van der Waals surface area contributed by atoms with Crippen molar-refractivity contribution in [1.82, 2.24) is 9.55 Å². The molecule has 2 heterocycles. The lowest BCUT2D eigenvalue weighted by atomic mass is 10.1. The molecule has 4 atom stereocenters. The van der Waals surface area contributed by atoms with E-state index >= 15 is 0 Å². The second kappa shape index (κ2) is 6.92. The van der Waals surface area contributed by atoms with Crippen LogP contribution in [0.3, 0.4) is 0 Å². The first-order chi connectivity index (χ1) is 11.4. The summed E-state index contributed by atoms with van der Waals surface area (Å²) in [5.41, 5.74) is -1.89. The van der Waals surface area contributed by atoms with E-state index in [1.165, 1.54) is 0 Å². The van der Waals surface area contributed by atoms with Gasteiger partial charge in [0.2, 0.25) is 0 Å². The molecular formula is C9H12N2O12S2. The number of aromatic amines is 1. The number of H-pyrrole nitrogens is 1. The average molecular weight is 404 g/mol. The quantitative estimate of drug-likeness (QED) is 0.345. The Balaban J connectivity index is 2.53. The van der Waals surface area contributed by atoms with Crippen LogP contribution >= 0.6 is 0 Å². The molecule has 0 radical (unpaired) electrons. The minimum Gasteiger partial charge on any atom is -0.394 e. The van der Waals surface area contributed by atoms with Gasteiger partial charge < -0.3 is 9.84 Å². The zero-order valence-electron chi connectivity index (χ0n) is 12.0. The van der Waals surface area contributed by atoms with Crippen molar-refractivity contribution in [2.24, 2.45) is 0 Å². The molecule has 0 saturated carbocycles. The van der Waals surface area contributed by atoms with Crippen LogP contribution in [0.15, 0.2) is 21.9 Å². The molecule has 1 saturated heterocycles. The summed E-state index contributed by atoms with van der Waals surface area (Å²) in [4.78, 5) is 24.7. The Morgan fingerprint density at radius 2 is 1.68 bits per heavy atom. The molecule has 1 aliphatic rings. The third kappa shape index (κ3) is 4.92. The van der Waals surface area contributed by atoms with Crippen molar-refractivity contribution in [2.45, 2.75) is 24.5 Å². The lowest BCUT2D eigenvalue weighted by Crippen LogP contribution is -2.42. The van der Waals surface area contributed by atoms with Gasteiger partial charge in [-0.2, -0.15) is 16.8 Å². The van der Waals surface area contributed by atoms with Crippen molar-refractivity contribution in [1.29, 1.82) is 0 Å². The van der Waals surface area contributed by atoms with Crippen molar-refractivity contribution in [3.8, 4) is 0 Å². The smallest absolute Gasteiger partial charge is 0.394 e. The SMILES string of the molecule is O=c1ccn([C@@H]2O[C@H](CO)[C@@H](OS(=O)(=O)O)[C@H]2OS(=O)(=O)O)c(=O)[nH]1. The molecule has 14 nitrogen and oxygen atoms in total. The highest BCUT2D eigenvalue weighted by Gasteiger charge is 2.51. The van der Waals surface area contributed by atoms with Crippen molar-refractivity contribution in [3.63, 3.8) is 0 Å². The van der Waals surface area contributed by atoms with E-state index in [-0.39, 0.29) is 0 Å². The van der Waals surface area contributed by atoms with Crippen LogP contribution in [-0.4, -0.2) is 65.5 Å². The van der Waals surface area contributed by atoms with Gasteiger partial charge in [-0.15, -0.1) is 0 Å². The number of nitrogens with zero attached hydrogens (tertiary/aromatic N) is 1. The van der Waals surface area contributed by atoms with Crippen LogP contribution in [0.2, 0.25) is 0 Å². The highest BCUT2D eigenvalue weighted by molar-refractivity contribution is 7.81. The minimum absolute atomic E-state index is 0.604. The molecule has 1 aromatic rings. The van der Waals surface area contributed by atoms with Gasteiger partial charge >= 0.3 is 26.5 Å². The molecule has 0 unspecified atom stereocenters. The Morgan fingerprint density at radius 3 is 2.16 bits per heavy atom. The predicted molar refractivity (Wildman–Crippen MR) is 75.2 cm³/mol. The van der Waals surface area contributed by atoms with E-state index in [4.69, 9.17) is 13.8 Å². The van der Waals surface area contributed by atoms with E-state index in [0.717, 1.165) is 12.3 Å². The molecule has 1 fully saturated rings. The summed E-state index contributed by atoms with van der Waals surface area (Å²) in [5.74, 6) is 0. The van der Waals surface area contributed by atoms with Crippen molar-refractivity contribution in [3.05, 3.63) is 33.1 Å². The monoisotopic (exact) mass is 404 g/mol. The zero-order valence-corrected chi connectivity index (χ0v) is 13.6. The standard InChI is InChI=1S/C9H12N2O12S2/c12-3-4-6(22-24(15,16)17)7(23-25(18,19)20)8(21-4)11-2-1-5(13)10-9(11)14/h1-2,4,6-8,12H,3H2,(H,10,13,14)(H,15,16,17)(H,18,19,20)/t4-,6-,7-,8-/m1/s1. The van der Waals surface area contributed by atoms with Gasteiger partial charge in [0.05, 0.1) is 6.61 Å². The maximum absolute atomic E-state index is 11.8. The van der Waals surface area contributed by atoms with Crippen molar-refractivity contribution >= 4 is 20.8 Å². The summed E-state index contributed by atoms with van der Waals surface area (Å²) >= 11 is 0. The van der Waals surface area contributed by atoms with E-state index in [2.05, 4.69) is 8.37 Å². The Morgan fingerprint density at radius 1 is 1.12 bits per heavy atom. The Labute approximate surface area is 139 Å². The molecule has 0 aromatic carbocycles. The maximum atomic E-state index is 11.8. The van der Waals surface area contributed by atoms with Crippen molar-refractivity contribution in [2.75, 3.05) is 6.61 Å². The number of rotatable bonds is 6. The van der Waals surface area contributed by atoms with Crippen LogP contribution < -0.4 is 11.2 Å². The summed E-state index contributed by atoms with van der Waals surface area (Å²) < 4.78 is 75.8. The number of nitrogens with one attached hydrogen (secondary N) is 1. The van der Waals surface area contributed by atoms with Gasteiger partial charge in [0.1, 0.15) is 12.2 Å². The number of aliphatic hydroxyl groups is 1. The molecule has 1 aromatic heterocycles. The van der Waals surface area contributed by atoms with Crippen LogP contribution in [0.25, 0.3) is 0 Å². The Hall–Kier alpha value is -1.66. The zero-order chi connectivity index (χ0) is 19.0. The molecular weight excluding hydrogens is 392 g/mol. The molecule has 0 amide bonds. The highest BCUT2D eigenvalue weighted by Crippen LogP contribution is 2.34. The molecule has 4 N–H and O–H groups in total. The Kier molecular flexibility index (Phi) is 5.44. The second-order valence-electron chi connectivity index (χ2n) is 4.74. The number of ether oxygens (including phenoxy) is 1. The van der Waals surface area contributed by atoms with Gasteiger partial charge in [-0.3, -0.25) is 23.5 Å². The second-order valence-corrected chi connectivity index (χ2v) is 6.84. The fourth-order valence-corrected chi connectivity index (χ4v) is 3.21. The van der Waals surface area contributed by atoms with E-state index < -0.39 is 63.2 Å². The molecule has 142 valence electrons. The van der Waals surface area contributed by atoms with Crippen LogP contribution in [0.1, 0.15) is 6.23 Å². The van der Waals surface area contributed by atoms with Crippen LogP contribution in [0.5, 0.6) is 0 Å². The molecule has 0 bridgehead atoms. The number of aliphatic hydroxyl groups excluding tert-OH is 1. The van der Waals surface area contributed by atoms with Crippen LogP contribution in [0.4, 0.5) is 0 Å². The molecule has 16 heteroatoms. The van der Waals surface area contributed by atoms with Gasteiger partial charge in [-0.1, -0.05) is 0 Å². The van der Waals surface area contributed by atoms with Gasteiger partial charge in [-0.05, 0) is 0 Å². The molecule has 2 rings (SSSR count). The van der Waals surface area contributed by atoms with Gasteiger partial charge in [-0.25, -0.2) is 13.2 Å². The van der Waals surface area contributed by atoms with E-state index in [9.17, 15) is 31.5 Å². The lowest BCUT2D eigenvalue weighted by Gasteiger charge is -2.21. The highest BCUT2D eigenvalue weighted by atomic mass is 32.3. The first-order valence-corrected chi connectivity index (χ1v) is 9.03. The lowest BCUT2D eigenvalue weighted by molar-refractivity contribution is -0.0515. The summed E-state index contributed by atoms with van der Waals surface area (Å²) in [6.45, 7) is -0.930. The summed E-state index contributed by atoms with van der Waals surface area (Å²) in [5, 5.41) is 9.23. The fourth-order valence-electron chi connectivity index (χ4n) is 2.21. The van der Waals surface area contributed by atoms with Crippen LogP contribution in [-0.2, 0) is 33.9 Å². The third-order valence-electron chi connectivity index (χ3n) is 3.06. The van der Waals surface area contributed by atoms with Crippen LogP contribution in [0, 0.1) is 0 Å². The molecule has 0 aliphatic carbocycles. The van der Waals surface area contributed by atoms with E-state index in [0.29, 0.717) is 4.57 Å². The van der Waals surface area contributed by atoms with Gasteiger partial charge in [0.15, 0.2) is 12.3 Å². The molecule has 0 spiro atoms. The minimum atomic E-state index is -5.20. The first kappa shape index (κ1) is 19.7. The normalized spacial score (nSPS) is 27.5. The number of aromatic nitrogens is 2. The van der Waals surface area contributed by atoms with E-state index in [1.54, 1.807) is 0 Å². The van der Waals surface area contributed by atoms with Gasteiger partial charge in [0.25, 0.3) is 5.56 Å². The predicted octanol–water partition coefficient (Wildman–Crippen LogP) is -3.20. The largest absolute Gasteiger partial charge is 0.397 e. The molecule has 25 heavy (non-hydrogen) atoms. The molecule has 1 aliphatic heterocycles.